The Morgan fingerprint density at radius 3 is 2.53 bits per heavy atom. The van der Waals surface area contributed by atoms with Crippen molar-refractivity contribution in [3.63, 3.8) is 0 Å². The number of nitrogens with one attached hydrogen (secondary N) is 1. The lowest BCUT2D eigenvalue weighted by atomic mass is 9.94. The van der Waals surface area contributed by atoms with Crippen LogP contribution in [-0.4, -0.2) is 12.1 Å². The summed E-state index contributed by atoms with van der Waals surface area (Å²) in [5.41, 5.74) is 1.51. The third kappa shape index (κ3) is 2.60. The monoisotopic (exact) mass is 203 g/mol. The molecule has 1 N–H and O–H groups in total. The molecule has 1 aliphatic carbocycles. The van der Waals surface area contributed by atoms with Crippen molar-refractivity contribution in [2.24, 2.45) is 0 Å². The average molecular weight is 203 g/mol. The molecule has 2 unspecified atom stereocenters. The third-order valence-electron chi connectivity index (χ3n) is 3.29. The molecule has 15 heavy (non-hydrogen) atoms. The second kappa shape index (κ2) is 4.80. The van der Waals surface area contributed by atoms with Gasteiger partial charge in [-0.2, -0.15) is 0 Å². The second-order valence-electron chi connectivity index (χ2n) is 4.88. The topological polar surface area (TPSA) is 12.0 Å². The third-order valence-corrected chi connectivity index (χ3v) is 3.29. The number of hydrogen-bond acceptors (Lipinski definition) is 1. The van der Waals surface area contributed by atoms with Crippen molar-refractivity contribution in [2.45, 2.75) is 51.1 Å². The fourth-order valence-electron chi connectivity index (χ4n) is 2.69. The zero-order valence-electron chi connectivity index (χ0n) is 9.74. The molecule has 2 rings (SSSR count). The summed E-state index contributed by atoms with van der Waals surface area (Å²) in [5.74, 6) is 0.730. The molecular formula is C14H21N. The summed E-state index contributed by atoms with van der Waals surface area (Å²) < 4.78 is 0. The molecule has 1 heteroatoms. The highest BCUT2D eigenvalue weighted by Crippen LogP contribution is 2.34. The van der Waals surface area contributed by atoms with E-state index in [-0.39, 0.29) is 0 Å². The molecule has 1 nitrogen and oxygen atoms in total. The van der Waals surface area contributed by atoms with Gasteiger partial charge in [0.15, 0.2) is 0 Å². The quantitative estimate of drug-likeness (QED) is 0.794. The Hall–Kier alpha value is -0.820. The molecule has 82 valence electrons. The summed E-state index contributed by atoms with van der Waals surface area (Å²) in [6.45, 7) is 4.47. The molecular weight excluding hydrogens is 182 g/mol. The maximum absolute atomic E-state index is 3.69. The highest BCUT2D eigenvalue weighted by molar-refractivity contribution is 5.22. The summed E-state index contributed by atoms with van der Waals surface area (Å²) in [4.78, 5) is 0. The van der Waals surface area contributed by atoms with Crippen molar-refractivity contribution in [1.82, 2.24) is 5.32 Å². The molecule has 0 saturated heterocycles. The van der Waals surface area contributed by atoms with Crippen LogP contribution in [0.4, 0.5) is 0 Å². The van der Waals surface area contributed by atoms with Crippen LogP contribution in [0.15, 0.2) is 30.3 Å². The van der Waals surface area contributed by atoms with Crippen LogP contribution >= 0.6 is 0 Å². The predicted molar refractivity (Wildman–Crippen MR) is 65.1 cm³/mol. The highest BCUT2D eigenvalue weighted by Gasteiger charge is 2.28. The van der Waals surface area contributed by atoms with Crippen molar-refractivity contribution in [3.05, 3.63) is 35.9 Å². The standard InChI is InChI=1S/C14H21N/c1-11(2)15-14-10-6-9-13(14)12-7-4-3-5-8-12/h3-5,7-8,11,13-15H,6,9-10H2,1-2H3. The molecule has 0 aliphatic heterocycles. The first-order valence-electron chi connectivity index (χ1n) is 6.08. The molecule has 1 aliphatic rings. The fourth-order valence-corrected chi connectivity index (χ4v) is 2.69. The Morgan fingerprint density at radius 1 is 1.13 bits per heavy atom. The molecule has 0 spiro atoms. The van der Waals surface area contributed by atoms with E-state index in [1.54, 1.807) is 0 Å². The summed E-state index contributed by atoms with van der Waals surface area (Å²) in [6, 6.07) is 12.2. The lowest BCUT2D eigenvalue weighted by Crippen LogP contribution is -2.36. The smallest absolute Gasteiger partial charge is 0.0138 e. The minimum atomic E-state index is 0.597. The molecule has 2 atom stereocenters. The minimum Gasteiger partial charge on any atom is -0.311 e. The van der Waals surface area contributed by atoms with E-state index in [2.05, 4.69) is 49.5 Å². The van der Waals surface area contributed by atoms with Gasteiger partial charge in [-0.05, 0) is 24.3 Å². The van der Waals surface area contributed by atoms with Crippen molar-refractivity contribution in [1.29, 1.82) is 0 Å². The first-order valence-corrected chi connectivity index (χ1v) is 6.08. The average Bonchev–Trinajstić information content (AvgIpc) is 2.66. The van der Waals surface area contributed by atoms with Gasteiger partial charge in [0.25, 0.3) is 0 Å². The SMILES string of the molecule is CC(C)NC1CCCC1c1ccccc1. The van der Waals surface area contributed by atoms with Crippen LogP contribution < -0.4 is 5.32 Å². The Kier molecular flexibility index (Phi) is 3.42. The Bertz CT molecular complexity index is 291. The Labute approximate surface area is 92.9 Å². The van der Waals surface area contributed by atoms with E-state index in [1.807, 2.05) is 0 Å². The van der Waals surface area contributed by atoms with Gasteiger partial charge in [0.1, 0.15) is 0 Å². The summed E-state index contributed by atoms with van der Waals surface area (Å²) in [7, 11) is 0. The van der Waals surface area contributed by atoms with Crippen LogP contribution in [0.5, 0.6) is 0 Å². The van der Waals surface area contributed by atoms with E-state index in [9.17, 15) is 0 Å². The largest absolute Gasteiger partial charge is 0.311 e. The maximum Gasteiger partial charge on any atom is 0.0138 e. The number of hydrogen-bond donors (Lipinski definition) is 1. The van der Waals surface area contributed by atoms with Crippen LogP contribution in [-0.2, 0) is 0 Å². The molecule has 1 aromatic carbocycles. The molecule has 1 fully saturated rings. The number of benzene rings is 1. The van der Waals surface area contributed by atoms with Gasteiger partial charge in [-0.25, -0.2) is 0 Å². The van der Waals surface area contributed by atoms with Crippen LogP contribution in [0.1, 0.15) is 44.6 Å². The molecule has 0 amide bonds. The van der Waals surface area contributed by atoms with Gasteiger partial charge in [-0.15, -0.1) is 0 Å². The summed E-state index contributed by atoms with van der Waals surface area (Å²) in [5, 5.41) is 3.69. The van der Waals surface area contributed by atoms with Crippen molar-refractivity contribution in [3.8, 4) is 0 Å². The van der Waals surface area contributed by atoms with E-state index in [0.717, 1.165) is 5.92 Å². The van der Waals surface area contributed by atoms with Gasteiger partial charge in [0, 0.05) is 12.1 Å². The van der Waals surface area contributed by atoms with E-state index >= 15 is 0 Å². The molecule has 0 radical (unpaired) electrons. The molecule has 1 saturated carbocycles. The van der Waals surface area contributed by atoms with Crippen LogP contribution in [0.3, 0.4) is 0 Å². The van der Waals surface area contributed by atoms with E-state index in [1.165, 1.54) is 24.8 Å². The van der Waals surface area contributed by atoms with Crippen LogP contribution in [0.25, 0.3) is 0 Å². The van der Waals surface area contributed by atoms with E-state index in [4.69, 9.17) is 0 Å². The summed E-state index contributed by atoms with van der Waals surface area (Å²) >= 11 is 0. The zero-order chi connectivity index (χ0) is 10.7. The molecule has 0 aromatic heterocycles. The summed E-state index contributed by atoms with van der Waals surface area (Å²) in [6.07, 6.45) is 4.04. The van der Waals surface area contributed by atoms with Crippen LogP contribution in [0, 0.1) is 0 Å². The first kappa shape index (κ1) is 10.7. The lowest BCUT2D eigenvalue weighted by molar-refractivity contribution is 0.437. The van der Waals surface area contributed by atoms with Crippen molar-refractivity contribution in [2.75, 3.05) is 0 Å². The van der Waals surface area contributed by atoms with Gasteiger partial charge in [0.2, 0.25) is 0 Å². The van der Waals surface area contributed by atoms with Gasteiger partial charge < -0.3 is 5.32 Å². The Morgan fingerprint density at radius 2 is 1.87 bits per heavy atom. The Balaban J connectivity index is 2.08. The van der Waals surface area contributed by atoms with E-state index < -0.39 is 0 Å². The second-order valence-corrected chi connectivity index (χ2v) is 4.88. The predicted octanol–water partition coefficient (Wildman–Crippen LogP) is 3.32. The van der Waals surface area contributed by atoms with Gasteiger partial charge >= 0.3 is 0 Å². The van der Waals surface area contributed by atoms with Gasteiger partial charge in [-0.3, -0.25) is 0 Å². The molecule has 0 bridgehead atoms. The normalized spacial score (nSPS) is 26.1. The number of rotatable bonds is 3. The van der Waals surface area contributed by atoms with Crippen molar-refractivity contribution >= 4 is 0 Å². The van der Waals surface area contributed by atoms with Gasteiger partial charge in [-0.1, -0.05) is 50.6 Å². The first-order chi connectivity index (χ1) is 7.27. The highest BCUT2D eigenvalue weighted by atomic mass is 14.9. The maximum atomic E-state index is 3.69. The van der Waals surface area contributed by atoms with Crippen LogP contribution in [0.2, 0.25) is 0 Å². The molecule has 0 heterocycles. The fraction of sp³-hybridized carbons (Fsp3) is 0.571. The lowest BCUT2D eigenvalue weighted by Gasteiger charge is -2.23. The van der Waals surface area contributed by atoms with E-state index in [0.29, 0.717) is 12.1 Å². The minimum absolute atomic E-state index is 0.597. The zero-order valence-corrected chi connectivity index (χ0v) is 9.74. The van der Waals surface area contributed by atoms with Gasteiger partial charge in [0.05, 0.1) is 0 Å². The molecule has 1 aromatic rings. The van der Waals surface area contributed by atoms with Crippen molar-refractivity contribution < 1.29 is 0 Å².